The van der Waals surface area contributed by atoms with Gasteiger partial charge in [0.1, 0.15) is 6.04 Å². The molecule has 1 saturated carbocycles. The molecule has 2 aliphatic heterocycles. The van der Waals surface area contributed by atoms with Crippen molar-refractivity contribution in [3.05, 3.63) is 11.8 Å². The third kappa shape index (κ3) is 2.64. The van der Waals surface area contributed by atoms with Gasteiger partial charge in [0.15, 0.2) is 0 Å². The summed E-state index contributed by atoms with van der Waals surface area (Å²) in [6, 6.07) is -1.47. The molecule has 4 rings (SSSR count). The van der Waals surface area contributed by atoms with Gasteiger partial charge in [-0.15, -0.1) is 10.2 Å². The molecule has 3 aliphatic rings. The van der Waals surface area contributed by atoms with Crippen LogP contribution in [-0.4, -0.2) is 57.8 Å². The lowest BCUT2D eigenvalue weighted by molar-refractivity contribution is -0.0328. The van der Waals surface area contributed by atoms with E-state index in [0.29, 0.717) is 29.7 Å². The summed E-state index contributed by atoms with van der Waals surface area (Å²) in [5.74, 6) is 0.970. The van der Waals surface area contributed by atoms with Gasteiger partial charge in [0.2, 0.25) is 22.2 Å². The molecule has 1 aromatic heterocycles. The van der Waals surface area contributed by atoms with Crippen LogP contribution in [0.3, 0.4) is 0 Å². The Labute approximate surface area is 137 Å². The van der Waals surface area contributed by atoms with Crippen LogP contribution in [0.2, 0.25) is 0 Å². The fourth-order valence-electron chi connectivity index (χ4n) is 3.49. The maximum absolute atomic E-state index is 12.3. The lowest BCUT2D eigenvalue weighted by Gasteiger charge is -2.29. The maximum atomic E-state index is 12.3. The Balaban J connectivity index is 1.51. The quantitative estimate of drug-likeness (QED) is 0.559. The van der Waals surface area contributed by atoms with Crippen molar-refractivity contribution in [2.45, 2.75) is 49.7 Å². The van der Waals surface area contributed by atoms with E-state index < -0.39 is 28.5 Å². The number of piperidine rings is 1. The summed E-state index contributed by atoms with van der Waals surface area (Å²) in [7, 11) is -5.00. The second-order valence-corrected chi connectivity index (χ2v) is 7.36. The van der Waals surface area contributed by atoms with Gasteiger partial charge >= 0.3 is 6.03 Å². The number of carbonyl (C=O) groups is 1. The van der Waals surface area contributed by atoms with E-state index in [-0.39, 0.29) is 18.5 Å². The van der Waals surface area contributed by atoms with E-state index in [1.807, 2.05) is 0 Å². The molecular formula is C12H16N5O6S-. The van der Waals surface area contributed by atoms with E-state index in [2.05, 4.69) is 14.5 Å². The summed E-state index contributed by atoms with van der Waals surface area (Å²) < 4.78 is 42.3. The molecule has 11 nitrogen and oxygen atoms in total. The molecule has 3 fully saturated rings. The number of fused-ring (bicyclic) bond motifs is 2. The molecule has 3 heterocycles. The number of urea groups is 1. The van der Waals surface area contributed by atoms with Crippen LogP contribution < -0.4 is 5.73 Å². The van der Waals surface area contributed by atoms with Crippen LogP contribution in [0, 0.1) is 0 Å². The molecule has 2 saturated heterocycles. The van der Waals surface area contributed by atoms with Gasteiger partial charge in [0.05, 0.1) is 6.04 Å². The summed E-state index contributed by atoms with van der Waals surface area (Å²) in [5, 5.41) is 8.69. The predicted octanol–water partition coefficient (Wildman–Crippen LogP) is -0.393. The lowest BCUT2D eigenvalue weighted by Crippen LogP contribution is -2.35. The molecule has 12 heteroatoms. The molecule has 2 amide bonds. The summed E-state index contributed by atoms with van der Waals surface area (Å²) in [4.78, 5) is 13.7. The largest absolute Gasteiger partial charge is 0.724 e. The first-order chi connectivity index (χ1) is 11.3. The minimum atomic E-state index is -5.00. The van der Waals surface area contributed by atoms with Crippen molar-refractivity contribution in [1.29, 1.82) is 0 Å². The number of rotatable bonds is 4. The van der Waals surface area contributed by atoms with Gasteiger partial charge in [0, 0.05) is 18.5 Å². The number of hydrogen-bond donors (Lipinski definition) is 1. The molecule has 0 aromatic carbocycles. The number of nitrogens with two attached hydrogens (primary N) is 1. The molecule has 0 spiro atoms. The second kappa shape index (κ2) is 5.37. The topological polar surface area (TPSA) is 155 Å². The molecule has 0 unspecified atom stereocenters. The van der Waals surface area contributed by atoms with Crippen molar-refractivity contribution in [3.8, 4) is 0 Å². The number of aromatic nitrogens is 2. The zero-order valence-corrected chi connectivity index (χ0v) is 13.4. The van der Waals surface area contributed by atoms with Gasteiger partial charge in [-0.3, -0.25) is 0 Å². The van der Waals surface area contributed by atoms with Crippen molar-refractivity contribution in [2.75, 3.05) is 6.54 Å². The van der Waals surface area contributed by atoms with Gasteiger partial charge in [0.25, 0.3) is 0 Å². The highest BCUT2D eigenvalue weighted by Gasteiger charge is 2.48. The Kier molecular flexibility index (Phi) is 3.53. The lowest BCUT2D eigenvalue weighted by atomic mass is 9.81. The predicted molar refractivity (Wildman–Crippen MR) is 74.7 cm³/mol. The Bertz CT molecular complexity index is 760. The molecule has 1 aliphatic carbocycles. The number of hydroxylamine groups is 2. The Morgan fingerprint density at radius 2 is 1.96 bits per heavy atom. The monoisotopic (exact) mass is 358 g/mol. The SMILES string of the molecule is NC1CC(c2nnc([C@@H]3CC[C@@H]4CN3C(=O)N4OS(=O)(=O)[O-])o2)C1. The number of hydrogen-bond acceptors (Lipinski definition) is 9. The standard InChI is InChI=1S/C12H17N5O6S/c13-7-3-6(4-7)10-14-15-11(22-10)9-2-1-8-5-16(9)12(18)17(8)23-24(19,20)21/h6-9H,1-5,13H2,(H,19,20,21)/p-1/t6?,7?,8-,9+/m1/s1. The van der Waals surface area contributed by atoms with Gasteiger partial charge in [-0.05, 0) is 25.7 Å². The van der Waals surface area contributed by atoms with Crippen molar-refractivity contribution in [2.24, 2.45) is 5.73 Å². The number of amides is 2. The van der Waals surface area contributed by atoms with E-state index in [1.54, 1.807) is 0 Å². The molecule has 2 N–H and O–H groups in total. The van der Waals surface area contributed by atoms with Gasteiger partial charge in [-0.1, -0.05) is 0 Å². The highest BCUT2D eigenvalue weighted by atomic mass is 32.3. The fraction of sp³-hybridized carbons (Fsp3) is 0.750. The van der Waals surface area contributed by atoms with E-state index in [9.17, 15) is 17.8 Å². The minimum Gasteiger partial charge on any atom is -0.724 e. The van der Waals surface area contributed by atoms with Crippen LogP contribution in [0.15, 0.2) is 4.42 Å². The normalized spacial score (nSPS) is 33.0. The van der Waals surface area contributed by atoms with Crippen LogP contribution in [0.1, 0.15) is 49.4 Å². The van der Waals surface area contributed by atoms with Gasteiger partial charge in [-0.25, -0.2) is 13.2 Å². The Morgan fingerprint density at radius 1 is 1.25 bits per heavy atom. The molecule has 132 valence electrons. The summed E-state index contributed by atoms with van der Waals surface area (Å²) in [6.45, 7) is 0.241. The van der Waals surface area contributed by atoms with Crippen LogP contribution in [-0.2, 0) is 14.7 Å². The van der Waals surface area contributed by atoms with Crippen LogP contribution in [0.25, 0.3) is 0 Å². The Hall–Kier alpha value is -1.76. The van der Waals surface area contributed by atoms with Crippen molar-refractivity contribution in [3.63, 3.8) is 0 Å². The average Bonchev–Trinajstić information content (AvgIpc) is 3.04. The first-order valence-corrected chi connectivity index (χ1v) is 8.99. The molecule has 1 aromatic rings. The maximum Gasteiger partial charge on any atom is 0.346 e. The highest BCUT2D eigenvalue weighted by Crippen LogP contribution is 2.40. The van der Waals surface area contributed by atoms with E-state index in [0.717, 1.165) is 12.8 Å². The fourth-order valence-corrected chi connectivity index (χ4v) is 3.88. The van der Waals surface area contributed by atoms with Crippen LogP contribution in [0.4, 0.5) is 4.79 Å². The van der Waals surface area contributed by atoms with Crippen molar-refractivity contribution in [1.82, 2.24) is 20.2 Å². The summed E-state index contributed by atoms with van der Waals surface area (Å²) in [5.41, 5.74) is 5.75. The average molecular weight is 358 g/mol. The number of nitrogens with zero attached hydrogens (tertiary/aromatic N) is 4. The molecular weight excluding hydrogens is 342 g/mol. The summed E-state index contributed by atoms with van der Waals surface area (Å²) in [6.07, 6.45) is 2.56. The number of carbonyl (C=O) groups excluding carboxylic acids is 1. The highest BCUT2D eigenvalue weighted by molar-refractivity contribution is 7.80. The van der Waals surface area contributed by atoms with Crippen LogP contribution >= 0.6 is 0 Å². The molecule has 0 radical (unpaired) electrons. The van der Waals surface area contributed by atoms with E-state index >= 15 is 0 Å². The first-order valence-electron chi connectivity index (χ1n) is 7.66. The van der Waals surface area contributed by atoms with Crippen molar-refractivity contribution >= 4 is 16.4 Å². The third-order valence-corrected chi connectivity index (χ3v) is 5.10. The minimum absolute atomic E-state index is 0.150. The third-order valence-electron chi connectivity index (χ3n) is 4.76. The second-order valence-electron chi connectivity index (χ2n) is 6.40. The first kappa shape index (κ1) is 15.7. The van der Waals surface area contributed by atoms with Gasteiger partial charge in [-0.2, -0.15) is 9.35 Å². The molecule has 24 heavy (non-hydrogen) atoms. The smallest absolute Gasteiger partial charge is 0.346 e. The van der Waals surface area contributed by atoms with Crippen LogP contribution in [0.5, 0.6) is 0 Å². The molecule has 2 atom stereocenters. The zero-order chi connectivity index (χ0) is 17.1. The van der Waals surface area contributed by atoms with E-state index in [4.69, 9.17) is 10.2 Å². The summed E-state index contributed by atoms with van der Waals surface area (Å²) >= 11 is 0. The van der Waals surface area contributed by atoms with Crippen molar-refractivity contribution < 1.29 is 26.5 Å². The van der Waals surface area contributed by atoms with Gasteiger partial charge < -0.3 is 19.6 Å². The Morgan fingerprint density at radius 3 is 2.62 bits per heavy atom. The van der Waals surface area contributed by atoms with E-state index in [1.165, 1.54) is 4.90 Å². The zero-order valence-electron chi connectivity index (χ0n) is 12.6. The molecule has 2 bridgehead atoms.